The minimum Gasteiger partial charge on any atom is -0.493 e. The number of carbonyl (C=O) groups excluding carboxylic acids is 2. The second-order valence-corrected chi connectivity index (χ2v) is 6.59. The maximum atomic E-state index is 13.1. The van der Waals surface area contributed by atoms with Gasteiger partial charge in [-0.15, -0.1) is 0 Å². The Morgan fingerprint density at radius 2 is 1.66 bits per heavy atom. The lowest BCUT2D eigenvalue weighted by atomic mass is 10.0. The summed E-state index contributed by atoms with van der Waals surface area (Å²) in [6.45, 7) is 1.42. The third-order valence-corrected chi connectivity index (χ3v) is 4.72. The molecule has 0 radical (unpaired) electrons. The third-order valence-electron chi connectivity index (χ3n) is 4.72. The zero-order chi connectivity index (χ0) is 20.4. The summed E-state index contributed by atoms with van der Waals surface area (Å²) in [7, 11) is 1.51. The molecule has 4 rings (SSSR count). The molecule has 5 nitrogen and oxygen atoms in total. The number of fused-ring (bicyclic) bond motifs is 1. The minimum atomic E-state index is -0.295. The molecule has 1 aromatic heterocycles. The van der Waals surface area contributed by atoms with Crippen LogP contribution < -0.4 is 10.1 Å². The SMILES string of the molecule is COc1ccc(C(=O)Nc2ccccc2-c2ccccc2)c2cc(C(C)=O)oc12. The molecule has 29 heavy (non-hydrogen) atoms. The van der Waals surface area contributed by atoms with E-state index in [-0.39, 0.29) is 17.5 Å². The number of Topliss-reactive ketones (excluding diaryl/α,β-unsaturated/α-hetero) is 1. The first-order chi connectivity index (χ1) is 14.1. The first-order valence-corrected chi connectivity index (χ1v) is 9.15. The summed E-state index contributed by atoms with van der Waals surface area (Å²) in [4.78, 5) is 24.9. The largest absolute Gasteiger partial charge is 0.493 e. The predicted octanol–water partition coefficient (Wildman–Crippen LogP) is 5.56. The molecule has 0 fully saturated rings. The standard InChI is InChI=1S/C24H19NO4/c1-15(26)22-14-19-18(12-13-21(28-2)23(19)29-22)24(27)25-20-11-7-6-10-17(20)16-8-4-3-5-9-16/h3-14H,1-2H3,(H,25,27). The van der Waals surface area contributed by atoms with Gasteiger partial charge in [-0.3, -0.25) is 9.59 Å². The Hall–Kier alpha value is -3.86. The third kappa shape index (κ3) is 3.50. The Bertz CT molecular complexity index is 1210. The zero-order valence-corrected chi connectivity index (χ0v) is 16.1. The Morgan fingerprint density at radius 3 is 2.38 bits per heavy atom. The second kappa shape index (κ2) is 7.64. The molecule has 1 N–H and O–H groups in total. The highest BCUT2D eigenvalue weighted by Gasteiger charge is 2.20. The van der Waals surface area contributed by atoms with E-state index in [2.05, 4.69) is 5.32 Å². The van der Waals surface area contributed by atoms with Crippen LogP contribution in [-0.2, 0) is 0 Å². The first kappa shape index (κ1) is 18.5. The molecule has 144 valence electrons. The lowest BCUT2D eigenvalue weighted by Gasteiger charge is -2.12. The lowest BCUT2D eigenvalue weighted by Crippen LogP contribution is -2.13. The Balaban J connectivity index is 1.75. The molecule has 0 atom stereocenters. The number of para-hydroxylation sites is 1. The summed E-state index contributed by atoms with van der Waals surface area (Å²) in [6, 6.07) is 22.4. The number of rotatable bonds is 5. The molecule has 4 aromatic rings. The van der Waals surface area contributed by atoms with Crippen LogP contribution in [0.1, 0.15) is 27.8 Å². The summed E-state index contributed by atoms with van der Waals surface area (Å²) in [5, 5.41) is 3.52. The number of furan rings is 1. The van der Waals surface area contributed by atoms with Crippen molar-refractivity contribution in [3.63, 3.8) is 0 Å². The Morgan fingerprint density at radius 1 is 0.931 bits per heavy atom. The van der Waals surface area contributed by atoms with Gasteiger partial charge in [0, 0.05) is 23.6 Å². The average Bonchev–Trinajstić information content (AvgIpc) is 3.20. The smallest absolute Gasteiger partial charge is 0.256 e. The van der Waals surface area contributed by atoms with Crippen LogP contribution in [0.2, 0.25) is 0 Å². The van der Waals surface area contributed by atoms with Gasteiger partial charge < -0.3 is 14.5 Å². The van der Waals surface area contributed by atoms with Crippen LogP contribution >= 0.6 is 0 Å². The molecule has 0 unspecified atom stereocenters. The molecular formula is C24H19NO4. The molecule has 0 saturated heterocycles. The number of hydrogen-bond donors (Lipinski definition) is 1. The van der Waals surface area contributed by atoms with Crippen LogP contribution in [0.3, 0.4) is 0 Å². The van der Waals surface area contributed by atoms with Gasteiger partial charge in [0.25, 0.3) is 5.91 Å². The van der Waals surface area contributed by atoms with Crippen LogP contribution in [0, 0.1) is 0 Å². The molecule has 1 heterocycles. The van der Waals surface area contributed by atoms with Crippen molar-refractivity contribution in [2.24, 2.45) is 0 Å². The maximum Gasteiger partial charge on any atom is 0.256 e. The van der Waals surface area contributed by atoms with E-state index in [9.17, 15) is 9.59 Å². The number of anilines is 1. The molecule has 3 aromatic carbocycles. The Kier molecular flexibility index (Phi) is 4.87. The van der Waals surface area contributed by atoms with E-state index in [0.29, 0.717) is 28.0 Å². The van der Waals surface area contributed by atoms with Gasteiger partial charge in [0.1, 0.15) is 0 Å². The average molecular weight is 385 g/mol. The lowest BCUT2D eigenvalue weighted by molar-refractivity contribution is 0.0987. The van der Waals surface area contributed by atoms with Crippen LogP contribution in [-0.4, -0.2) is 18.8 Å². The summed E-state index contributed by atoms with van der Waals surface area (Å²) >= 11 is 0. The van der Waals surface area contributed by atoms with Gasteiger partial charge in [-0.25, -0.2) is 0 Å². The fourth-order valence-electron chi connectivity index (χ4n) is 3.28. The summed E-state index contributed by atoms with van der Waals surface area (Å²) in [6.07, 6.45) is 0. The second-order valence-electron chi connectivity index (χ2n) is 6.59. The van der Waals surface area contributed by atoms with Crippen molar-refractivity contribution in [3.8, 4) is 16.9 Å². The fourth-order valence-corrected chi connectivity index (χ4v) is 3.28. The van der Waals surface area contributed by atoms with Crippen molar-refractivity contribution < 1.29 is 18.7 Å². The highest BCUT2D eigenvalue weighted by molar-refractivity contribution is 6.15. The van der Waals surface area contributed by atoms with E-state index in [4.69, 9.17) is 9.15 Å². The van der Waals surface area contributed by atoms with Crippen LogP contribution in [0.25, 0.3) is 22.1 Å². The highest BCUT2D eigenvalue weighted by atomic mass is 16.5. The first-order valence-electron chi connectivity index (χ1n) is 9.15. The van der Waals surface area contributed by atoms with Gasteiger partial charge in [0.2, 0.25) is 0 Å². The predicted molar refractivity (Wildman–Crippen MR) is 113 cm³/mol. The molecule has 1 amide bonds. The molecule has 0 aliphatic heterocycles. The highest BCUT2D eigenvalue weighted by Crippen LogP contribution is 2.33. The van der Waals surface area contributed by atoms with Crippen molar-refractivity contribution in [2.75, 3.05) is 12.4 Å². The van der Waals surface area contributed by atoms with Crippen molar-refractivity contribution in [1.82, 2.24) is 0 Å². The Labute approximate surface area is 167 Å². The monoisotopic (exact) mass is 385 g/mol. The zero-order valence-electron chi connectivity index (χ0n) is 16.1. The van der Waals surface area contributed by atoms with Crippen LogP contribution in [0.4, 0.5) is 5.69 Å². The van der Waals surface area contributed by atoms with Gasteiger partial charge in [-0.2, -0.15) is 0 Å². The van der Waals surface area contributed by atoms with Gasteiger partial charge in [0.15, 0.2) is 22.9 Å². The number of ether oxygens (including phenoxy) is 1. The molecule has 0 bridgehead atoms. The van der Waals surface area contributed by atoms with Crippen molar-refractivity contribution in [1.29, 1.82) is 0 Å². The number of carbonyl (C=O) groups is 2. The minimum absolute atomic E-state index is 0.184. The summed E-state index contributed by atoms with van der Waals surface area (Å²) < 4.78 is 10.9. The van der Waals surface area contributed by atoms with Gasteiger partial charge in [-0.1, -0.05) is 48.5 Å². The van der Waals surface area contributed by atoms with E-state index in [1.807, 2.05) is 54.6 Å². The fraction of sp³-hybridized carbons (Fsp3) is 0.0833. The summed E-state index contributed by atoms with van der Waals surface area (Å²) in [5.41, 5.74) is 3.40. The topological polar surface area (TPSA) is 68.5 Å². The molecule has 0 aliphatic carbocycles. The van der Waals surface area contributed by atoms with Crippen molar-refractivity contribution in [3.05, 3.63) is 84.1 Å². The summed E-state index contributed by atoms with van der Waals surface area (Å²) in [5.74, 6) is 0.137. The number of amides is 1. The number of benzene rings is 3. The number of nitrogens with one attached hydrogen (secondary N) is 1. The number of hydrogen-bond acceptors (Lipinski definition) is 4. The van der Waals surface area contributed by atoms with E-state index in [0.717, 1.165) is 11.1 Å². The normalized spacial score (nSPS) is 10.7. The molecular weight excluding hydrogens is 366 g/mol. The van der Waals surface area contributed by atoms with E-state index >= 15 is 0 Å². The van der Waals surface area contributed by atoms with Gasteiger partial charge in [-0.05, 0) is 29.8 Å². The maximum absolute atomic E-state index is 13.1. The molecule has 0 aliphatic rings. The van der Waals surface area contributed by atoms with Crippen molar-refractivity contribution in [2.45, 2.75) is 6.92 Å². The van der Waals surface area contributed by atoms with Crippen molar-refractivity contribution >= 4 is 28.3 Å². The van der Waals surface area contributed by atoms with E-state index in [1.54, 1.807) is 18.2 Å². The molecule has 5 heteroatoms. The quantitative estimate of drug-likeness (QED) is 0.457. The van der Waals surface area contributed by atoms with Gasteiger partial charge >= 0.3 is 0 Å². The van der Waals surface area contributed by atoms with Crippen LogP contribution in [0.15, 0.2) is 77.2 Å². The molecule has 0 spiro atoms. The van der Waals surface area contributed by atoms with Crippen LogP contribution in [0.5, 0.6) is 5.75 Å². The number of ketones is 1. The molecule has 0 saturated carbocycles. The number of methoxy groups -OCH3 is 1. The van der Waals surface area contributed by atoms with E-state index < -0.39 is 0 Å². The van der Waals surface area contributed by atoms with Gasteiger partial charge in [0.05, 0.1) is 12.7 Å². The van der Waals surface area contributed by atoms with E-state index in [1.165, 1.54) is 14.0 Å².